The number of aryl methyl sites for hydroxylation is 1. The largest absolute Gasteiger partial charge is 0.496 e. The Kier molecular flexibility index (Phi) is 4.00. The van der Waals surface area contributed by atoms with E-state index in [1.165, 1.54) is 6.07 Å². The molecule has 0 heterocycles. The van der Waals surface area contributed by atoms with E-state index in [9.17, 15) is 9.18 Å². The first-order valence-corrected chi connectivity index (χ1v) is 6.47. The van der Waals surface area contributed by atoms with Gasteiger partial charge in [-0.1, -0.05) is 6.07 Å². The van der Waals surface area contributed by atoms with Crippen LogP contribution in [0.25, 0.3) is 0 Å². The number of methoxy groups -OCH3 is 1. The summed E-state index contributed by atoms with van der Waals surface area (Å²) in [6, 6.07) is 9.50. The van der Waals surface area contributed by atoms with Crippen molar-refractivity contribution in [1.29, 1.82) is 0 Å². The standard InChI is InChI=1S/C15H12BrFO2/c1-9-8-10(6-7-13(9)19-2)15(18)14-11(16)4-3-5-12(14)17/h3-8H,1-2H3. The van der Waals surface area contributed by atoms with E-state index in [-0.39, 0.29) is 11.3 Å². The van der Waals surface area contributed by atoms with E-state index in [0.717, 1.165) is 5.56 Å². The molecule has 0 amide bonds. The minimum atomic E-state index is -0.534. The molecule has 0 aromatic heterocycles. The summed E-state index contributed by atoms with van der Waals surface area (Å²) >= 11 is 3.21. The number of halogens is 2. The summed E-state index contributed by atoms with van der Waals surface area (Å²) < 4.78 is 19.3. The van der Waals surface area contributed by atoms with Crippen LogP contribution in [0.15, 0.2) is 40.9 Å². The van der Waals surface area contributed by atoms with Crippen LogP contribution in [0.5, 0.6) is 5.75 Å². The highest BCUT2D eigenvalue weighted by atomic mass is 79.9. The Balaban J connectivity index is 2.48. The highest BCUT2D eigenvalue weighted by Gasteiger charge is 2.17. The van der Waals surface area contributed by atoms with Crippen LogP contribution < -0.4 is 4.74 Å². The van der Waals surface area contributed by atoms with Gasteiger partial charge >= 0.3 is 0 Å². The van der Waals surface area contributed by atoms with Crippen LogP contribution >= 0.6 is 15.9 Å². The molecule has 0 aliphatic carbocycles. The first-order valence-electron chi connectivity index (χ1n) is 5.68. The zero-order valence-electron chi connectivity index (χ0n) is 10.5. The number of ketones is 1. The van der Waals surface area contributed by atoms with E-state index in [1.807, 2.05) is 6.92 Å². The van der Waals surface area contributed by atoms with E-state index in [4.69, 9.17) is 4.74 Å². The Bertz CT molecular complexity index is 618. The molecule has 0 radical (unpaired) electrons. The molecule has 0 fully saturated rings. The lowest BCUT2D eigenvalue weighted by Crippen LogP contribution is -2.06. The molecule has 0 atom stereocenters. The summed E-state index contributed by atoms with van der Waals surface area (Å²) in [7, 11) is 1.57. The third kappa shape index (κ3) is 2.68. The summed E-state index contributed by atoms with van der Waals surface area (Å²) in [5.74, 6) is -0.187. The van der Waals surface area contributed by atoms with Crippen molar-refractivity contribution in [1.82, 2.24) is 0 Å². The van der Waals surface area contributed by atoms with Gasteiger partial charge in [0.15, 0.2) is 5.78 Å². The molecular weight excluding hydrogens is 311 g/mol. The van der Waals surface area contributed by atoms with Gasteiger partial charge in [0.05, 0.1) is 12.7 Å². The quantitative estimate of drug-likeness (QED) is 0.794. The van der Waals surface area contributed by atoms with Crippen molar-refractivity contribution in [3.8, 4) is 5.75 Å². The van der Waals surface area contributed by atoms with E-state index in [1.54, 1.807) is 37.4 Å². The van der Waals surface area contributed by atoms with Crippen molar-refractivity contribution in [3.63, 3.8) is 0 Å². The van der Waals surface area contributed by atoms with Gasteiger partial charge in [-0.15, -0.1) is 0 Å². The molecule has 2 rings (SSSR count). The van der Waals surface area contributed by atoms with Crippen molar-refractivity contribution < 1.29 is 13.9 Å². The van der Waals surface area contributed by atoms with Crippen molar-refractivity contribution in [2.24, 2.45) is 0 Å². The Morgan fingerprint density at radius 3 is 2.58 bits per heavy atom. The SMILES string of the molecule is COc1ccc(C(=O)c2c(F)cccc2Br)cc1C. The molecule has 0 N–H and O–H groups in total. The third-order valence-corrected chi connectivity index (χ3v) is 3.51. The number of carbonyl (C=O) groups excluding carboxylic acids is 1. The molecule has 0 aliphatic rings. The fourth-order valence-corrected chi connectivity index (χ4v) is 2.40. The second-order valence-electron chi connectivity index (χ2n) is 4.11. The summed E-state index contributed by atoms with van der Waals surface area (Å²) in [5, 5.41) is 0. The molecule has 2 aromatic rings. The Hall–Kier alpha value is -1.68. The van der Waals surface area contributed by atoms with Gasteiger partial charge in [0.1, 0.15) is 11.6 Å². The van der Waals surface area contributed by atoms with Gasteiger partial charge in [-0.3, -0.25) is 4.79 Å². The maximum absolute atomic E-state index is 13.8. The minimum absolute atomic E-state index is 0.0482. The fraction of sp³-hybridized carbons (Fsp3) is 0.133. The number of hydrogen-bond donors (Lipinski definition) is 0. The fourth-order valence-electron chi connectivity index (χ4n) is 1.88. The van der Waals surface area contributed by atoms with Crippen LogP contribution in [0.3, 0.4) is 0 Å². The lowest BCUT2D eigenvalue weighted by molar-refractivity contribution is 0.103. The maximum Gasteiger partial charge on any atom is 0.197 e. The molecule has 0 unspecified atom stereocenters. The molecule has 2 aromatic carbocycles. The van der Waals surface area contributed by atoms with Crippen LogP contribution in [0.1, 0.15) is 21.5 Å². The van der Waals surface area contributed by atoms with E-state index in [2.05, 4.69) is 15.9 Å². The van der Waals surface area contributed by atoms with Crippen molar-refractivity contribution in [2.75, 3.05) is 7.11 Å². The van der Waals surface area contributed by atoms with Gasteiger partial charge in [0.25, 0.3) is 0 Å². The molecule has 0 aliphatic heterocycles. The Morgan fingerprint density at radius 1 is 1.26 bits per heavy atom. The predicted molar refractivity (Wildman–Crippen MR) is 75.3 cm³/mol. The van der Waals surface area contributed by atoms with Crippen LogP contribution in [-0.2, 0) is 0 Å². The van der Waals surface area contributed by atoms with Gasteiger partial charge in [-0.05, 0) is 58.7 Å². The molecule has 0 saturated carbocycles. The molecule has 0 bridgehead atoms. The second kappa shape index (κ2) is 5.53. The summed E-state index contributed by atoms with van der Waals surface area (Å²) in [6.45, 7) is 1.84. The highest BCUT2D eigenvalue weighted by Crippen LogP contribution is 2.25. The first kappa shape index (κ1) is 13.7. The number of ether oxygens (including phenoxy) is 1. The average molecular weight is 323 g/mol. The topological polar surface area (TPSA) is 26.3 Å². The van der Waals surface area contributed by atoms with Crippen LogP contribution in [0, 0.1) is 12.7 Å². The highest BCUT2D eigenvalue weighted by molar-refractivity contribution is 9.10. The maximum atomic E-state index is 13.8. The average Bonchev–Trinajstić information content (AvgIpc) is 2.38. The molecule has 2 nitrogen and oxygen atoms in total. The van der Waals surface area contributed by atoms with Gasteiger partial charge in [-0.2, -0.15) is 0 Å². The van der Waals surface area contributed by atoms with Crippen molar-refractivity contribution >= 4 is 21.7 Å². The molecule has 4 heteroatoms. The van der Waals surface area contributed by atoms with Crippen molar-refractivity contribution in [3.05, 3.63) is 63.4 Å². The smallest absolute Gasteiger partial charge is 0.197 e. The Morgan fingerprint density at radius 2 is 2.00 bits per heavy atom. The number of rotatable bonds is 3. The molecule has 0 saturated heterocycles. The zero-order chi connectivity index (χ0) is 14.0. The molecular formula is C15H12BrFO2. The first-order chi connectivity index (χ1) is 9.04. The van der Waals surface area contributed by atoms with Gasteiger partial charge < -0.3 is 4.74 Å². The van der Waals surface area contributed by atoms with E-state index in [0.29, 0.717) is 15.8 Å². The molecule has 0 spiro atoms. The van der Waals surface area contributed by atoms with Gasteiger partial charge in [-0.25, -0.2) is 4.39 Å². The van der Waals surface area contributed by atoms with Gasteiger partial charge in [0, 0.05) is 10.0 Å². The van der Waals surface area contributed by atoms with Crippen LogP contribution in [-0.4, -0.2) is 12.9 Å². The van der Waals surface area contributed by atoms with Gasteiger partial charge in [0.2, 0.25) is 0 Å². The molecule has 98 valence electrons. The zero-order valence-corrected chi connectivity index (χ0v) is 12.1. The lowest BCUT2D eigenvalue weighted by Gasteiger charge is -2.08. The van der Waals surface area contributed by atoms with E-state index < -0.39 is 5.82 Å². The molecule has 19 heavy (non-hydrogen) atoms. The normalized spacial score (nSPS) is 10.3. The third-order valence-electron chi connectivity index (χ3n) is 2.85. The summed E-state index contributed by atoms with van der Waals surface area (Å²) in [6.07, 6.45) is 0. The second-order valence-corrected chi connectivity index (χ2v) is 4.96. The lowest BCUT2D eigenvalue weighted by atomic mass is 10.0. The van der Waals surface area contributed by atoms with E-state index >= 15 is 0 Å². The van der Waals surface area contributed by atoms with Crippen LogP contribution in [0.4, 0.5) is 4.39 Å². The summed E-state index contributed by atoms with van der Waals surface area (Å²) in [4.78, 5) is 12.3. The predicted octanol–water partition coefficient (Wildman–Crippen LogP) is 4.14. The number of carbonyl (C=O) groups is 1. The summed E-state index contributed by atoms with van der Waals surface area (Å²) in [5.41, 5.74) is 1.32. The number of benzene rings is 2. The van der Waals surface area contributed by atoms with Crippen LogP contribution in [0.2, 0.25) is 0 Å². The van der Waals surface area contributed by atoms with Crippen molar-refractivity contribution in [2.45, 2.75) is 6.92 Å². The minimum Gasteiger partial charge on any atom is -0.496 e. The number of hydrogen-bond acceptors (Lipinski definition) is 2. The monoisotopic (exact) mass is 322 g/mol. The Labute approximate surface area is 119 Å².